The zero-order chi connectivity index (χ0) is 13.9. The summed E-state index contributed by atoms with van der Waals surface area (Å²) in [5.41, 5.74) is 0.787. The second-order valence-electron chi connectivity index (χ2n) is 4.87. The number of rotatable bonds is 4. The molecule has 1 aliphatic rings. The van der Waals surface area contributed by atoms with E-state index in [1.807, 2.05) is 41.2 Å². The summed E-state index contributed by atoms with van der Waals surface area (Å²) in [5.74, 6) is 0.919. The van der Waals surface area contributed by atoms with Gasteiger partial charge in [0.25, 0.3) is 0 Å². The molecule has 0 unspecified atom stereocenters. The van der Waals surface area contributed by atoms with Crippen molar-refractivity contribution < 1.29 is 9.53 Å². The lowest BCUT2D eigenvalue weighted by Gasteiger charge is -2.38. The van der Waals surface area contributed by atoms with Gasteiger partial charge in [0.2, 0.25) is 5.91 Å². The molecule has 1 amide bonds. The summed E-state index contributed by atoms with van der Waals surface area (Å²) in [6, 6.07) is 9.84. The van der Waals surface area contributed by atoms with Gasteiger partial charge in [-0.3, -0.25) is 4.79 Å². The first kappa shape index (κ1) is 12.7. The van der Waals surface area contributed by atoms with E-state index in [4.69, 9.17) is 4.74 Å². The number of carbonyl (C=O) groups is 1. The molecule has 0 atom stereocenters. The quantitative estimate of drug-likeness (QED) is 0.840. The average Bonchev–Trinajstić information content (AvgIpc) is 2.84. The smallest absolute Gasteiger partial charge is 0.219 e. The van der Waals surface area contributed by atoms with E-state index in [0.717, 1.165) is 11.4 Å². The molecule has 0 saturated carbocycles. The molecule has 1 fully saturated rings. The van der Waals surface area contributed by atoms with Crippen molar-refractivity contribution in [3.63, 3.8) is 0 Å². The van der Waals surface area contributed by atoms with Crippen molar-refractivity contribution in [3.8, 4) is 5.75 Å². The summed E-state index contributed by atoms with van der Waals surface area (Å²) in [6.07, 6.45) is 1.88. The molecule has 0 spiro atoms. The average molecular weight is 272 g/mol. The zero-order valence-corrected chi connectivity index (χ0v) is 11.3. The molecule has 1 aromatic carbocycles. The number of hydrogen-bond donors (Lipinski definition) is 0. The van der Waals surface area contributed by atoms with Gasteiger partial charge in [0.1, 0.15) is 18.1 Å². The van der Waals surface area contributed by atoms with Crippen molar-refractivity contribution in [3.05, 3.63) is 42.2 Å². The maximum absolute atomic E-state index is 11.1. The fraction of sp³-hybridized carbons (Fsp3) is 0.357. The fourth-order valence-electron chi connectivity index (χ4n) is 2.11. The van der Waals surface area contributed by atoms with Gasteiger partial charge in [-0.15, -0.1) is 5.10 Å². The van der Waals surface area contributed by atoms with Gasteiger partial charge in [-0.2, -0.15) is 0 Å². The Kier molecular flexibility index (Phi) is 3.37. The predicted molar refractivity (Wildman–Crippen MR) is 72.1 cm³/mol. The van der Waals surface area contributed by atoms with E-state index in [0.29, 0.717) is 19.7 Å². The Hall–Kier alpha value is -2.37. The van der Waals surface area contributed by atoms with E-state index in [1.165, 1.54) is 0 Å². The van der Waals surface area contributed by atoms with Crippen molar-refractivity contribution in [2.75, 3.05) is 13.1 Å². The molecule has 0 aliphatic carbocycles. The molecule has 1 aliphatic heterocycles. The van der Waals surface area contributed by atoms with E-state index in [2.05, 4.69) is 10.3 Å². The minimum atomic E-state index is 0.106. The van der Waals surface area contributed by atoms with Gasteiger partial charge in [0.15, 0.2) is 0 Å². The molecular formula is C14H16N4O2. The normalized spacial score (nSPS) is 14.9. The fourth-order valence-corrected chi connectivity index (χ4v) is 2.11. The number of nitrogens with zero attached hydrogens (tertiary/aromatic N) is 4. The second kappa shape index (κ2) is 5.32. The van der Waals surface area contributed by atoms with Gasteiger partial charge in [-0.25, -0.2) is 4.68 Å². The predicted octanol–water partition coefficient (Wildman–Crippen LogP) is 1.26. The van der Waals surface area contributed by atoms with Crippen LogP contribution < -0.4 is 4.74 Å². The molecule has 0 bridgehead atoms. The minimum absolute atomic E-state index is 0.106. The van der Waals surface area contributed by atoms with Gasteiger partial charge in [-0.1, -0.05) is 23.4 Å². The van der Waals surface area contributed by atoms with Crippen LogP contribution in [-0.2, 0) is 11.4 Å². The van der Waals surface area contributed by atoms with Crippen LogP contribution in [0.15, 0.2) is 36.5 Å². The third-order valence-corrected chi connectivity index (χ3v) is 3.37. The second-order valence-corrected chi connectivity index (χ2v) is 4.87. The van der Waals surface area contributed by atoms with Crippen molar-refractivity contribution in [2.24, 2.45) is 0 Å². The number of carbonyl (C=O) groups excluding carboxylic acids is 1. The molecule has 3 rings (SSSR count). The Morgan fingerprint density at radius 2 is 2.10 bits per heavy atom. The van der Waals surface area contributed by atoms with Crippen molar-refractivity contribution >= 4 is 5.91 Å². The Balaban J connectivity index is 1.54. The summed E-state index contributed by atoms with van der Waals surface area (Å²) in [6.45, 7) is 3.39. The summed E-state index contributed by atoms with van der Waals surface area (Å²) in [7, 11) is 0. The Labute approximate surface area is 117 Å². The van der Waals surface area contributed by atoms with Crippen LogP contribution in [0.4, 0.5) is 0 Å². The van der Waals surface area contributed by atoms with Crippen LogP contribution in [0.3, 0.4) is 0 Å². The van der Waals surface area contributed by atoms with Crippen LogP contribution in [-0.4, -0.2) is 38.9 Å². The summed E-state index contributed by atoms with van der Waals surface area (Å²) in [5, 5.41) is 8.18. The van der Waals surface area contributed by atoms with Crippen LogP contribution in [0.25, 0.3) is 0 Å². The lowest BCUT2D eigenvalue weighted by molar-refractivity contribution is -0.134. The van der Waals surface area contributed by atoms with E-state index in [1.54, 1.807) is 11.8 Å². The van der Waals surface area contributed by atoms with Crippen LogP contribution in [0, 0.1) is 0 Å². The van der Waals surface area contributed by atoms with Gasteiger partial charge < -0.3 is 9.64 Å². The van der Waals surface area contributed by atoms with Crippen LogP contribution in [0.2, 0.25) is 0 Å². The highest BCUT2D eigenvalue weighted by atomic mass is 16.5. The number of para-hydroxylation sites is 1. The molecule has 20 heavy (non-hydrogen) atoms. The highest BCUT2D eigenvalue weighted by Crippen LogP contribution is 2.20. The van der Waals surface area contributed by atoms with Crippen LogP contribution in [0.5, 0.6) is 5.75 Å². The lowest BCUT2D eigenvalue weighted by atomic mass is 10.1. The molecule has 2 heterocycles. The number of hydrogen-bond acceptors (Lipinski definition) is 4. The Bertz CT molecular complexity index is 590. The highest BCUT2D eigenvalue weighted by molar-refractivity contribution is 5.74. The highest BCUT2D eigenvalue weighted by Gasteiger charge is 2.30. The molecule has 6 heteroatoms. The van der Waals surface area contributed by atoms with Crippen molar-refractivity contribution in [1.29, 1.82) is 0 Å². The lowest BCUT2D eigenvalue weighted by Crippen LogP contribution is -2.50. The maximum atomic E-state index is 11.1. The first-order valence-corrected chi connectivity index (χ1v) is 6.56. The third kappa shape index (κ3) is 2.64. The van der Waals surface area contributed by atoms with E-state index >= 15 is 0 Å². The number of aromatic nitrogens is 3. The topological polar surface area (TPSA) is 60.2 Å². The molecule has 6 nitrogen and oxygen atoms in total. The summed E-state index contributed by atoms with van der Waals surface area (Å²) < 4.78 is 7.42. The van der Waals surface area contributed by atoms with E-state index in [9.17, 15) is 4.79 Å². The molecule has 1 saturated heterocycles. The first-order valence-electron chi connectivity index (χ1n) is 6.56. The largest absolute Gasteiger partial charge is 0.487 e. The Morgan fingerprint density at radius 3 is 2.80 bits per heavy atom. The van der Waals surface area contributed by atoms with Crippen LogP contribution in [0.1, 0.15) is 18.7 Å². The molecular weight excluding hydrogens is 256 g/mol. The summed E-state index contributed by atoms with van der Waals surface area (Å²) in [4.78, 5) is 12.9. The molecule has 1 aromatic heterocycles. The zero-order valence-electron chi connectivity index (χ0n) is 11.3. The number of ether oxygens (including phenoxy) is 1. The molecule has 104 valence electrons. The first-order chi connectivity index (χ1) is 9.72. The summed E-state index contributed by atoms with van der Waals surface area (Å²) >= 11 is 0. The number of likely N-dealkylation sites (tertiary alicyclic amines) is 1. The van der Waals surface area contributed by atoms with Gasteiger partial charge >= 0.3 is 0 Å². The van der Waals surface area contributed by atoms with E-state index in [-0.39, 0.29) is 11.9 Å². The van der Waals surface area contributed by atoms with Crippen LogP contribution >= 0.6 is 0 Å². The Morgan fingerprint density at radius 1 is 1.35 bits per heavy atom. The number of amides is 1. The standard InChI is InChI=1S/C14H16N4O2/c1-11(19)17-8-13(9-17)18-7-12(15-16-18)10-20-14-5-3-2-4-6-14/h2-7,13H,8-10H2,1H3. The third-order valence-electron chi connectivity index (χ3n) is 3.37. The monoisotopic (exact) mass is 272 g/mol. The SMILES string of the molecule is CC(=O)N1CC(n2cc(COc3ccccc3)nn2)C1. The maximum Gasteiger partial charge on any atom is 0.219 e. The van der Waals surface area contributed by atoms with Crippen molar-refractivity contribution in [2.45, 2.75) is 19.6 Å². The van der Waals surface area contributed by atoms with E-state index < -0.39 is 0 Å². The molecule has 2 aromatic rings. The van der Waals surface area contributed by atoms with Crippen molar-refractivity contribution in [1.82, 2.24) is 19.9 Å². The minimum Gasteiger partial charge on any atom is -0.487 e. The van der Waals surface area contributed by atoms with Gasteiger partial charge in [-0.05, 0) is 12.1 Å². The molecule has 0 radical (unpaired) electrons. The van der Waals surface area contributed by atoms with Gasteiger partial charge in [0, 0.05) is 20.0 Å². The molecule has 0 N–H and O–H groups in total. The van der Waals surface area contributed by atoms with Gasteiger partial charge in [0.05, 0.1) is 12.2 Å². The number of benzene rings is 1.